The van der Waals surface area contributed by atoms with Crippen LogP contribution in [0.4, 0.5) is 9.18 Å². The third kappa shape index (κ3) is 2.70. The van der Waals surface area contributed by atoms with Crippen molar-refractivity contribution >= 4 is 17.6 Å². The molecule has 2 N–H and O–H groups in total. The third-order valence-corrected chi connectivity index (χ3v) is 2.89. The normalized spacial score (nSPS) is 15.0. The number of nitrogens with zero attached hydrogens (tertiary/aromatic N) is 2. The molecule has 100 valence electrons. The van der Waals surface area contributed by atoms with Crippen LogP contribution in [0.5, 0.6) is 0 Å². The number of hydrogen-bond acceptors (Lipinski definition) is 3. The van der Waals surface area contributed by atoms with Crippen molar-refractivity contribution < 1.29 is 24.2 Å². The highest BCUT2D eigenvalue weighted by atomic mass is 19.1. The van der Waals surface area contributed by atoms with Gasteiger partial charge in [0, 0.05) is 19.3 Å². The SMILES string of the molecule is O=C(O)c1ncc(C2=CCN(C(=O)O)CC2)cc1F. The van der Waals surface area contributed by atoms with E-state index in [1.807, 2.05) is 0 Å². The van der Waals surface area contributed by atoms with Crippen molar-refractivity contribution in [3.05, 3.63) is 35.4 Å². The summed E-state index contributed by atoms with van der Waals surface area (Å²) in [6, 6.07) is 1.11. The topological polar surface area (TPSA) is 90.7 Å². The van der Waals surface area contributed by atoms with Crippen LogP contribution in [-0.2, 0) is 0 Å². The van der Waals surface area contributed by atoms with Gasteiger partial charge >= 0.3 is 12.1 Å². The molecule has 0 spiro atoms. The second-order valence-electron chi connectivity index (χ2n) is 4.07. The fourth-order valence-corrected chi connectivity index (χ4v) is 1.88. The molecule has 1 aromatic rings. The third-order valence-electron chi connectivity index (χ3n) is 2.89. The van der Waals surface area contributed by atoms with Crippen molar-refractivity contribution in [2.24, 2.45) is 0 Å². The minimum Gasteiger partial charge on any atom is -0.476 e. The van der Waals surface area contributed by atoms with Crippen molar-refractivity contribution in [3.63, 3.8) is 0 Å². The molecule has 7 heteroatoms. The standard InChI is InChI=1S/C12H11FN2O4/c13-9-5-8(6-14-10(9)11(16)17)7-1-3-15(4-2-7)12(18)19/h1,5-6H,2-4H2,(H,16,17)(H,18,19). The first-order valence-electron chi connectivity index (χ1n) is 5.55. The van der Waals surface area contributed by atoms with Gasteiger partial charge in [-0.2, -0.15) is 0 Å². The van der Waals surface area contributed by atoms with Crippen LogP contribution in [0.15, 0.2) is 18.3 Å². The van der Waals surface area contributed by atoms with E-state index in [4.69, 9.17) is 10.2 Å². The Morgan fingerprint density at radius 2 is 2.11 bits per heavy atom. The zero-order valence-electron chi connectivity index (χ0n) is 9.84. The molecule has 1 amide bonds. The summed E-state index contributed by atoms with van der Waals surface area (Å²) in [7, 11) is 0. The molecule has 0 unspecified atom stereocenters. The quantitative estimate of drug-likeness (QED) is 0.849. The van der Waals surface area contributed by atoms with Crippen LogP contribution in [-0.4, -0.2) is 45.2 Å². The molecule has 1 aromatic heterocycles. The molecule has 0 atom stereocenters. The number of carbonyl (C=O) groups is 2. The van der Waals surface area contributed by atoms with E-state index < -0.39 is 23.6 Å². The number of pyridine rings is 1. The van der Waals surface area contributed by atoms with Gasteiger partial charge < -0.3 is 15.1 Å². The summed E-state index contributed by atoms with van der Waals surface area (Å²) in [5.74, 6) is -2.31. The molecule has 0 fully saturated rings. The van der Waals surface area contributed by atoms with Crippen molar-refractivity contribution in [1.29, 1.82) is 0 Å². The molecule has 1 aliphatic rings. The molecular weight excluding hydrogens is 255 g/mol. The Morgan fingerprint density at radius 1 is 1.37 bits per heavy atom. The Hall–Kier alpha value is -2.44. The summed E-state index contributed by atoms with van der Waals surface area (Å²) in [6.45, 7) is 0.552. The molecule has 1 aliphatic heterocycles. The molecule has 19 heavy (non-hydrogen) atoms. The predicted molar refractivity (Wildman–Crippen MR) is 63.3 cm³/mol. The van der Waals surface area contributed by atoms with Gasteiger partial charge in [0.2, 0.25) is 0 Å². The Labute approximate surface area is 107 Å². The molecule has 0 bridgehead atoms. The highest BCUT2D eigenvalue weighted by Crippen LogP contribution is 2.23. The van der Waals surface area contributed by atoms with Crippen LogP contribution < -0.4 is 0 Å². The van der Waals surface area contributed by atoms with E-state index in [9.17, 15) is 14.0 Å². The summed E-state index contributed by atoms with van der Waals surface area (Å²) in [5.41, 5.74) is 0.626. The molecule has 0 aromatic carbocycles. The van der Waals surface area contributed by atoms with E-state index >= 15 is 0 Å². The van der Waals surface area contributed by atoms with Gasteiger partial charge in [-0.1, -0.05) is 6.08 Å². The Morgan fingerprint density at radius 3 is 2.58 bits per heavy atom. The maximum atomic E-state index is 13.5. The molecule has 6 nitrogen and oxygen atoms in total. The van der Waals surface area contributed by atoms with Crippen molar-refractivity contribution in [2.75, 3.05) is 13.1 Å². The lowest BCUT2D eigenvalue weighted by Crippen LogP contribution is -2.33. The van der Waals surface area contributed by atoms with E-state index in [0.29, 0.717) is 18.5 Å². The summed E-state index contributed by atoms with van der Waals surface area (Å²) in [5, 5.41) is 17.5. The highest BCUT2D eigenvalue weighted by Gasteiger charge is 2.19. The zero-order chi connectivity index (χ0) is 14.0. The fraction of sp³-hybridized carbons (Fsp3) is 0.250. The van der Waals surface area contributed by atoms with Gasteiger partial charge in [0.1, 0.15) is 0 Å². The molecular formula is C12H11FN2O4. The van der Waals surface area contributed by atoms with E-state index in [-0.39, 0.29) is 6.54 Å². The van der Waals surface area contributed by atoms with E-state index in [2.05, 4.69) is 4.98 Å². The van der Waals surface area contributed by atoms with Gasteiger partial charge in [-0.15, -0.1) is 0 Å². The van der Waals surface area contributed by atoms with Crippen LogP contribution in [0.1, 0.15) is 22.5 Å². The number of carboxylic acids is 1. The first-order valence-corrected chi connectivity index (χ1v) is 5.55. The van der Waals surface area contributed by atoms with Crippen molar-refractivity contribution in [1.82, 2.24) is 9.88 Å². The van der Waals surface area contributed by atoms with Crippen molar-refractivity contribution in [2.45, 2.75) is 6.42 Å². The number of amides is 1. The first-order chi connectivity index (χ1) is 8.99. The Bertz CT molecular complexity index is 571. The molecule has 2 rings (SSSR count). The number of halogens is 1. The van der Waals surface area contributed by atoms with Gasteiger partial charge in [-0.3, -0.25) is 0 Å². The van der Waals surface area contributed by atoms with Crippen LogP contribution >= 0.6 is 0 Å². The second kappa shape index (κ2) is 5.05. The van der Waals surface area contributed by atoms with Crippen LogP contribution in [0.25, 0.3) is 5.57 Å². The van der Waals surface area contributed by atoms with E-state index in [0.717, 1.165) is 11.6 Å². The summed E-state index contributed by atoms with van der Waals surface area (Å²) < 4.78 is 13.5. The highest BCUT2D eigenvalue weighted by molar-refractivity contribution is 5.86. The minimum atomic E-state index is -1.42. The molecule has 0 saturated carbocycles. The van der Waals surface area contributed by atoms with E-state index in [1.165, 1.54) is 11.1 Å². The monoisotopic (exact) mass is 266 g/mol. The fourth-order valence-electron chi connectivity index (χ4n) is 1.88. The lowest BCUT2D eigenvalue weighted by molar-refractivity contribution is 0.0685. The lowest BCUT2D eigenvalue weighted by atomic mass is 10.0. The van der Waals surface area contributed by atoms with Gasteiger partial charge in [0.15, 0.2) is 11.5 Å². The van der Waals surface area contributed by atoms with Crippen LogP contribution in [0.3, 0.4) is 0 Å². The van der Waals surface area contributed by atoms with Gasteiger partial charge in [-0.05, 0) is 23.6 Å². The van der Waals surface area contributed by atoms with Gasteiger partial charge in [-0.25, -0.2) is 19.0 Å². The molecule has 0 aliphatic carbocycles. The molecule has 2 heterocycles. The smallest absolute Gasteiger partial charge is 0.407 e. The van der Waals surface area contributed by atoms with Crippen LogP contribution in [0.2, 0.25) is 0 Å². The number of hydrogen-bond donors (Lipinski definition) is 2. The Balaban J connectivity index is 2.22. The minimum absolute atomic E-state index is 0.229. The number of aromatic carboxylic acids is 1. The van der Waals surface area contributed by atoms with E-state index in [1.54, 1.807) is 6.08 Å². The number of aromatic nitrogens is 1. The Kier molecular flexibility index (Phi) is 3.46. The predicted octanol–water partition coefficient (Wildman–Crippen LogP) is 1.69. The number of rotatable bonds is 2. The average molecular weight is 266 g/mol. The number of carboxylic acid groups (broad SMARTS) is 2. The largest absolute Gasteiger partial charge is 0.476 e. The summed E-state index contributed by atoms with van der Waals surface area (Å²) >= 11 is 0. The molecule has 0 radical (unpaired) electrons. The maximum absolute atomic E-state index is 13.5. The lowest BCUT2D eigenvalue weighted by Gasteiger charge is -2.23. The van der Waals surface area contributed by atoms with Crippen LogP contribution in [0, 0.1) is 5.82 Å². The second-order valence-corrected chi connectivity index (χ2v) is 4.07. The van der Waals surface area contributed by atoms with Gasteiger partial charge in [0.25, 0.3) is 0 Å². The first kappa shape index (κ1) is 13.0. The zero-order valence-corrected chi connectivity index (χ0v) is 9.84. The molecule has 0 saturated heterocycles. The maximum Gasteiger partial charge on any atom is 0.407 e. The van der Waals surface area contributed by atoms with Gasteiger partial charge in [0.05, 0.1) is 0 Å². The van der Waals surface area contributed by atoms with Crippen molar-refractivity contribution in [3.8, 4) is 0 Å². The summed E-state index contributed by atoms with van der Waals surface area (Å²) in [6.07, 6.45) is 2.41. The average Bonchev–Trinajstić information content (AvgIpc) is 2.38. The summed E-state index contributed by atoms with van der Waals surface area (Å²) in [4.78, 5) is 26.2.